The van der Waals surface area contributed by atoms with Crippen molar-refractivity contribution in [3.05, 3.63) is 78.0 Å². The second-order valence-electron chi connectivity index (χ2n) is 6.32. The Morgan fingerprint density at radius 1 is 1.14 bits per heavy atom. The molecule has 29 heavy (non-hydrogen) atoms. The summed E-state index contributed by atoms with van der Waals surface area (Å²) in [7, 11) is 1.59. The molecule has 7 nitrogen and oxygen atoms in total. The molecule has 4 aromatic rings. The molecule has 0 unspecified atom stereocenters. The summed E-state index contributed by atoms with van der Waals surface area (Å²) >= 11 is 0. The minimum absolute atomic E-state index is 0.0866. The zero-order chi connectivity index (χ0) is 20.2. The molecule has 0 aliphatic heterocycles. The predicted octanol–water partition coefficient (Wildman–Crippen LogP) is 3.71. The SMILES string of the molecule is COc1cccc(-c2cc(C(=O)N/N=C\c3c(O)ccc4ccccc34)[nH]n2)c1. The van der Waals surface area contributed by atoms with Crippen LogP contribution in [0.5, 0.6) is 11.5 Å². The van der Waals surface area contributed by atoms with E-state index in [1.807, 2.05) is 54.6 Å². The Morgan fingerprint density at radius 3 is 2.86 bits per heavy atom. The molecule has 3 N–H and O–H groups in total. The van der Waals surface area contributed by atoms with Gasteiger partial charge in [-0.3, -0.25) is 9.89 Å². The molecule has 0 atom stereocenters. The molecule has 1 heterocycles. The first-order chi connectivity index (χ1) is 14.2. The molecule has 0 aliphatic rings. The molecule has 1 amide bonds. The summed E-state index contributed by atoms with van der Waals surface area (Å²) in [6, 6.07) is 20.1. The lowest BCUT2D eigenvalue weighted by molar-refractivity contribution is 0.0950. The van der Waals surface area contributed by atoms with Gasteiger partial charge in [-0.25, -0.2) is 5.43 Å². The number of benzene rings is 3. The number of aromatic hydroxyl groups is 1. The summed E-state index contributed by atoms with van der Waals surface area (Å²) in [5, 5.41) is 22.8. The maximum Gasteiger partial charge on any atom is 0.289 e. The van der Waals surface area contributed by atoms with Gasteiger partial charge in [-0.15, -0.1) is 0 Å². The number of aromatic nitrogens is 2. The molecule has 0 bridgehead atoms. The van der Waals surface area contributed by atoms with Gasteiger partial charge in [0.2, 0.25) is 0 Å². The minimum Gasteiger partial charge on any atom is -0.507 e. The quantitative estimate of drug-likeness (QED) is 0.360. The van der Waals surface area contributed by atoms with Crippen LogP contribution in [0.4, 0.5) is 0 Å². The zero-order valence-electron chi connectivity index (χ0n) is 15.6. The number of hydrogen-bond acceptors (Lipinski definition) is 5. The highest BCUT2D eigenvalue weighted by Crippen LogP contribution is 2.25. The summed E-state index contributed by atoms with van der Waals surface area (Å²) in [5.74, 6) is 0.349. The van der Waals surface area contributed by atoms with Gasteiger partial charge < -0.3 is 9.84 Å². The summed E-state index contributed by atoms with van der Waals surface area (Å²) in [6.07, 6.45) is 1.43. The van der Waals surface area contributed by atoms with Gasteiger partial charge in [0, 0.05) is 11.1 Å². The second kappa shape index (κ2) is 7.85. The molecule has 0 spiro atoms. The Kier molecular flexibility index (Phi) is 4.94. The number of aromatic amines is 1. The van der Waals surface area contributed by atoms with Gasteiger partial charge in [-0.2, -0.15) is 10.2 Å². The van der Waals surface area contributed by atoms with Crippen LogP contribution in [0.2, 0.25) is 0 Å². The number of H-pyrrole nitrogens is 1. The molecule has 7 heteroatoms. The van der Waals surface area contributed by atoms with Crippen molar-refractivity contribution >= 4 is 22.9 Å². The maximum absolute atomic E-state index is 12.4. The zero-order valence-corrected chi connectivity index (χ0v) is 15.6. The summed E-state index contributed by atoms with van der Waals surface area (Å²) in [6.45, 7) is 0. The summed E-state index contributed by atoms with van der Waals surface area (Å²) < 4.78 is 5.21. The Labute approximate surface area is 166 Å². The number of hydrogen-bond donors (Lipinski definition) is 3. The fourth-order valence-corrected chi connectivity index (χ4v) is 3.00. The Morgan fingerprint density at radius 2 is 2.00 bits per heavy atom. The molecular formula is C22H18N4O3. The van der Waals surface area contributed by atoms with E-state index >= 15 is 0 Å². The van der Waals surface area contributed by atoms with Crippen LogP contribution in [-0.2, 0) is 0 Å². The average molecular weight is 386 g/mol. The predicted molar refractivity (Wildman–Crippen MR) is 111 cm³/mol. The van der Waals surface area contributed by atoms with Crippen LogP contribution in [0.3, 0.4) is 0 Å². The van der Waals surface area contributed by atoms with Gasteiger partial charge in [0.25, 0.3) is 5.91 Å². The first kappa shape index (κ1) is 18.2. The number of nitrogens with zero attached hydrogens (tertiary/aromatic N) is 2. The average Bonchev–Trinajstić information content (AvgIpc) is 3.26. The number of ether oxygens (including phenoxy) is 1. The van der Waals surface area contributed by atoms with Crippen molar-refractivity contribution < 1.29 is 14.6 Å². The van der Waals surface area contributed by atoms with Crippen molar-refractivity contribution in [1.29, 1.82) is 0 Å². The van der Waals surface area contributed by atoms with Crippen LogP contribution >= 0.6 is 0 Å². The third-order valence-corrected chi connectivity index (χ3v) is 4.50. The Balaban J connectivity index is 1.51. The first-order valence-electron chi connectivity index (χ1n) is 8.89. The summed E-state index contributed by atoms with van der Waals surface area (Å²) in [5.41, 5.74) is 4.69. The molecule has 4 rings (SSSR count). The smallest absolute Gasteiger partial charge is 0.289 e. The molecule has 0 saturated carbocycles. The normalized spacial score (nSPS) is 11.1. The van der Waals surface area contributed by atoms with E-state index in [1.54, 1.807) is 19.2 Å². The van der Waals surface area contributed by atoms with Crippen molar-refractivity contribution in [2.24, 2.45) is 5.10 Å². The third kappa shape index (κ3) is 3.79. The number of hydrazone groups is 1. The molecule has 0 fully saturated rings. The lowest BCUT2D eigenvalue weighted by Gasteiger charge is -2.04. The van der Waals surface area contributed by atoms with Crippen LogP contribution in [0.25, 0.3) is 22.0 Å². The molecule has 1 aromatic heterocycles. The highest BCUT2D eigenvalue weighted by atomic mass is 16.5. The fraction of sp³-hybridized carbons (Fsp3) is 0.0455. The van der Waals surface area contributed by atoms with Gasteiger partial charge in [0.15, 0.2) is 0 Å². The third-order valence-electron chi connectivity index (χ3n) is 4.50. The van der Waals surface area contributed by atoms with Crippen LogP contribution in [0, 0.1) is 0 Å². The minimum atomic E-state index is -0.442. The van der Waals surface area contributed by atoms with E-state index in [4.69, 9.17) is 4.74 Å². The van der Waals surface area contributed by atoms with Crippen molar-refractivity contribution in [3.63, 3.8) is 0 Å². The van der Waals surface area contributed by atoms with Gasteiger partial charge in [-0.05, 0) is 35.0 Å². The van der Waals surface area contributed by atoms with Crippen LogP contribution in [0.1, 0.15) is 16.1 Å². The standard InChI is InChI=1S/C22H18N4O3/c1-29-16-7-4-6-15(11-16)19-12-20(25-24-19)22(28)26-23-13-18-17-8-3-2-5-14(17)9-10-21(18)27/h2-13,27H,1H3,(H,24,25)(H,26,28)/b23-13-. The largest absolute Gasteiger partial charge is 0.507 e. The van der Waals surface area contributed by atoms with Crippen molar-refractivity contribution in [3.8, 4) is 22.8 Å². The number of phenols is 1. The van der Waals surface area contributed by atoms with Gasteiger partial charge >= 0.3 is 0 Å². The van der Waals surface area contributed by atoms with E-state index in [9.17, 15) is 9.90 Å². The number of carbonyl (C=O) groups is 1. The van der Waals surface area contributed by atoms with E-state index in [0.717, 1.165) is 16.3 Å². The number of nitrogens with one attached hydrogen (secondary N) is 2. The second-order valence-corrected chi connectivity index (χ2v) is 6.32. The van der Waals surface area contributed by atoms with Crippen LogP contribution < -0.4 is 10.2 Å². The molecule has 3 aromatic carbocycles. The van der Waals surface area contributed by atoms with Gasteiger partial charge in [0.05, 0.1) is 19.0 Å². The monoisotopic (exact) mass is 386 g/mol. The fourth-order valence-electron chi connectivity index (χ4n) is 3.00. The molecule has 0 saturated heterocycles. The van der Waals surface area contributed by atoms with E-state index in [-0.39, 0.29) is 11.4 Å². The Bertz CT molecular complexity index is 1210. The number of carbonyl (C=O) groups excluding carboxylic acids is 1. The number of fused-ring (bicyclic) bond motifs is 1. The van der Waals surface area contributed by atoms with E-state index in [0.29, 0.717) is 17.0 Å². The van der Waals surface area contributed by atoms with Crippen molar-refractivity contribution in [2.75, 3.05) is 7.11 Å². The lowest BCUT2D eigenvalue weighted by atomic mass is 10.0. The molecule has 144 valence electrons. The number of amides is 1. The Hall–Kier alpha value is -4.13. The maximum atomic E-state index is 12.4. The van der Waals surface area contributed by atoms with Gasteiger partial charge in [0.1, 0.15) is 17.2 Å². The first-order valence-corrected chi connectivity index (χ1v) is 8.89. The highest BCUT2D eigenvalue weighted by molar-refractivity contribution is 6.03. The summed E-state index contributed by atoms with van der Waals surface area (Å²) in [4.78, 5) is 12.4. The molecule has 0 radical (unpaired) electrons. The van der Waals surface area contributed by atoms with E-state index in [2.05, 4.69) is 20.7 Å². The van der Waals surface area contributed by atoms with Crippen molar-refractivity contribution in [1.82, 2.24) is 15.6 Å². The van der Waals surface area contributed by atoms with E-state index < -0.39 is 5.91 Å². The van der Waals surface area contributed by atoms with E-state index in [1.165, 1.54) is 6.21 Å². The topological polar surface area (TPSA) is 99.6 Å². The number of methoxy groups -OCH3 is 1. The number of rotatable bonds is 5. The highest BCUT2D eigenvalue weighted by Gasteiger charge is 2.11. The number of phenolic OH excluding ortho intramolecular Hbond substituents is 1. The van der Waals surface area contributed by atoms with Gasteiger partial charge in [-0.1, -0.05) is 42.5 Å². The molecular weight excluding hydrogens is 368 g/mol. The van der Waals surface area contributed by atoms with Crippen LogP contribution in [-0.4, -0.2) is 34.5 Å². The molecule has 0 aliphatic carbocycles. The van der Waals surface area contributed by atoms with Crippen molar-refractivity contribution in [2.45, 2.75) is 0 Å². The lowest BCUT2D eigenvalue weighted by Crippen LogP contribution is -2.18. The van der Waals surface area contributed by atoms with Crippen LogP contribution in [0.15, 0.2) is 71.8 Å².